The molecule has 0 aliphatic heterocycles. The van der Waals surface area contributed by atoms with Crippen LogP contribution in [-0.4, -0.2) is 6.61 Å². The summed E-state index contributed by atoms with van der Waals surface area (Å²) in [6, 6.07) is 6.41. The lowest BCUT2D eigenvalue weighted by Crippen LogP contribution is -1.97. The van der Waals surface area contributed by atoms with Crippen molar-refractivity contribution in [3.05, 3.63) is 71.3 Å². The molecule has 0 aliphatic carbocycles. The molecule has 3 aromatic carbocycles. The van der Waals surface area contributed by atoms with Gasteiger partial charge in [0.1, 0.15) is 29.0 Å². The number of benzene rings is 3. The van der Waals surface area contributed by atoms with Crippen LogP contribution in [0.4, 0.5) is 26.3 Å². The van der Waals surface area contributed by atoms with E-state index < -0.39 is 34.9 Å². The molecule has 0 amide bonds. The van der Waals surface area contributed by atoms with E-state index in [1.54, 1.807) is 6.92 Å². The van der Waals surface area contributed by atoms with Crippen LogP contribution in [0.25, 0.3) is 28.0 Å². The summed E-state index contributed by atoms with van der Waals surface area (Å²) in [4.78, 5) is 0. The minimum atomic E-state index is -2.25. The van der Waals surface area contributed by atoms with Crippen molar-refractivity contribution in [2.75, 3.05) is 6.61 Å². The number of ether oxygens (including phenoxy) is 1. The van der Waals surface area contributed by atoms with Crippen LogP contribution in [0.2, 0.25) is 0 Å². The van der Waals surface area contributed by atoms with E-state index >= 15 is 0 Å². The van der Waals surface area contributed by atoms with Gasteiger partial charge in [-0.3, -0.25) is 0 Å². The zero-order chi connectivity index (χ0) is 19.7. The van der Waals surface area contributed by atoms with Crippen LogP contribution in [-0.2, 0) is 0 Å². The van der Waals surface area contributed by atoms with Gasteiger partial charge in [-0.25, -0.2) is 17.6 Å². The summed E-state index contributed by atoms with van der Waals surface area (Å²) in [6.07, 6.45) is -2.16. The largest absolute Gasteiger partial charge is 0.494 e. The van der Waals surface area contributed by atoms with Crippen molar-refractivity contribution in [1.82, 2.24) is 0 Å². The van der Waals surface area contributed by atoms with Crippen molar-refractivity contribution < 1.29 is 31.1 Å². The van der Waals surface area contributed by atoms with Gasteiger partial charge < -0.3 is 4.74 Å². The average molecular weight is 382 g/mol. The zero-order valence-electron chi connectivity index (χ0n) is 13.9. The fourth-order valence-corrected chi connectivity index (χ4v) is 2.82. The highest BCUT2D eigenvalue weighted by Crippen LogP contribution is 2.34. The van der Waals surface area contributed by atoms with Gasteiger partial charge in [0.25, 0.3) is 6.08 Å². The molecule has 27 heavy (non-hydrogen) atoms. The lowest BCUT2D eigenvalue weighted by atomic mass is 9.98. The summed E-state index contributed by atoms with van der Waals surface area (Å²) in [5, 5.41) is -0.175. The van der Waals surface area contributed by atoms with Gasteiger partial charge in [0.15, 0.2) is 0 Å². The van der Waals surface area contributed by atoms with E-state index in [1.807, 2.05) is 0 Å². The fourth-order valence-electron chi connectivity index (χ4n) is 2.82. The minimum absolute atomic E-state index is 0.0128. The highest BCUT2D eigenvalue weighted by Gasteiger charge is 2.17. The Kier molecular flexibility index (Phi) is 5.12. The second-order valence-electron chi connectivity index (χ2n) is 5.65. The van der Waals surface area contributed by atoms with E-state index in [2.05, 4.69) is 0 Å². The topological polar surface area (TPSA) is 9.23 Å². The monoisotopic (exact) mass is 382 g/mol. The summed E-state index contributed by atoms with van der Waals surface area (Å²) in [5.41, 5.74) is -1.23. The summed E-state index contributed by atoms with van der Waals surface area (Å²) in [5.74, 6) is -4.19. The van der Waals surface area contributed by atoms with Gasteiger partial charge >= 0.3 is 0 Å². The smallest absolute Gasteiger partial charge is 0.271 e. The first kappa shape index (κ1) is 18.8. The average Bonchev–Trinajstić information content (AvgIpc) is 2.58. The number of fused-ring (bicyclic) bond motifs is 1. The van der Waals surface area contributed by atoms with Crippen LogP contribution in [0, 0.1) is 23.3 Å². The molecule has 0 unspecified atom stereocenters. The van der Waals surface area contributed by atoms with Gasteiger partial charge in [-0.1, -0.05) is 12.1 Å². The summed E-state index contributed by atoms with van der Waals surface area (Å²) in [6.45, 7) is 1.89. The van der Waals surface area contributed by atoms with E-state index in [0.717, 1.165) is 24.3 Å². The quantitative estimate of drug-likeness (QED) is 0.456. The molecule has 0 aromatic heterocycles. The van der Waals surface area contributed by atoms with Crippen molar-refractivity contribution >= 4 is 16.8 Å². The molecule has 1 nitrogen and oxygen atoms in total. The predicted molar refractivity (Wildman–Crippen MR) is 90.6 cm³/mol. The highest BCUT2D eigenvalue weighted by molar-refractivity contribution is 5.90. The van der Waals surface area contributed by atoms with Crippen molar-refractivity contribution in [2.45, 2.75) is 6.92 Å². The molecule has 3 rings (SSSR count). The van der Waals surface area contributed by atoms with Crippen LogP contribution in [0.5, 0.6) is 5.75 Å². The SMILES string of the molecule is CCOc1cc(F)c(-c2ccc3c(F)c(C=C(F)F)c(F)cc3c2)c(F)c1. The molecule has 0 aliphatic rings. The molecule has 0 saturated heterocycles. The third-order valence-corrected chi connectivity index (χ3v) is 3.93. The maximum atomic E-state index is 14.3. The first-order chi connectivity index (χ1) is 12.8. The molecule has 0 heterocycles. The maximum absolute atomic E-state index is 14.3. The van der Waals surface area contributed by atoms with Crippen LogP contribution in [0.3, 0.4) is 0 Å². The van der Waals surface area contributed by atoms with Gasteiger partial charge in [0.05, 0.1) is 17.7 Å². The molecule has 0 fully saturated rings. The van der Waals surface area contributed by atoms with Gasteiger partial charge in [0.2, 0.25) is 0 Å². The third kappa shape index (κ3) is 3.63. The van der Waals surface area contributed by atoms with Crippen molar-refractivity contribution in [1.29, 1.82) is 0 Å². The Morgan fingerprint density at radius 2 is 1.59 bits per heavy atom. The van der Waals surface area contributed by atoms with Gasteiger partial charge in [-0.05, 0) is 30.0 Å². The molecule has 7 heteroatoms. The second kappa shape index (κ2) is 7.34. The van der Waals surface area contributed by atoms with Gasteiger partial charge in [-0.15, -0.1) is 0 Å². The van der Waals surface area contributed by atoms with E-state index in [0.29, 0.717) is 0 Å². The Hall–Kier alpha value is -2.96. The van der Waals surface area contributed by atoms with E-state index in [9.17, 15) is 26.3 Å². The van der Waals surface area contributed by atoms with Crippen LogP contribution >= 0.6 is 0 Å². The summed E-state index contributed by atoms with van der Waals surface area (Å²) >= 11 is 0. The minimum Gasteiger partial charge on any atom is -0.494 e. The Labute approximate surface area is 150 Å². The molecule has 0 bridgehead atoms. The van der Waals surface area contributed by atoms with Gasteiger partial charge in [0, 0.05) is 23.6 Å². The molecular formula is C20H12F6O. The van der Waals surface area contributed by atoms with Crippen molar-refractivity contribution in [3.63, 3.8) is 0 Å². The standard InChI is InChI=1S/C20H12F6O/c1-2-27-12-7-16(22)19(17(23)8-12)10-3-4-13-11(5-10)6-15(21)14(20(13)26)9-18(24)25/h3-9H,2H2,1H3. The second-order valence-corrected chi connectivity index (χ2v) is 5.65. The molecular weight excluding hydrogens is 370 g/mol. The van der Waals surface area contributed by atoms with Crippen LogP contribution in [0.1, 0.15) is 12.5 Å². The summed E-state index contributed by atoms with van der Waals surface area (Å²) in [7, 11) is 0. The Morgan fingerprint density at radius 1 is 0.926 bits per heavy atom. The van der Waals surface area contributed by atoms with Crippen LogP contribution < -0.4 is 4.74 Å². The third-order valence-electron chi connectivity index (χ3n) is 3.93. The fraction of sp³-hybridized carbons (Fsp3) is 0.100. The molecule has 3 aromatic rings. The Balaban J connectivity index is 2.17. The van der Waals surface area contributed by atoms with Gasteiger partial charge in [-0.2, -0.15) is 8.78 Å². The number of hydrogen-bond acceptors (Lipinski definition) is 1. The number of rotatable bonds is 4. The zero-order valence-corrected chi connectivity index (χ0v) is 13.9. The van der Waals surface area contributed by atoms with E-state index in [1.165, 1.54) is 12.1 Å². The normalized spacial score (nSPS) is 10.9. The van der Waals surface area contributed by atoms with Crippen LogP contribution in [0.15, 0.2) is 42.5 Å². The summed E-state index contributed by atoms with van der Waals surface area (Å²) < 4.78 is 86.8. The maximum Gasteiger partial charge on any atom is 0.271 e. The first-order valence-electron chi connectivity index (χ1n) is 7.88. The lowest BCUT2D eigenvalue weighted by molar-refractivity contribution is 0.336. The lowest BCUT2D eigenvalue weighted by Gasteiger charge is -2.11. The molecule has 0 saturated carbocycles. The van der Waals surface area contributed by atoms with E-state index in [4.69, 9.17) is 4.74 Å². The Bertz CT molecular complexity index is 1030. The molecule has 0 radical (unpaired) electrons. The number of hydrogen-bond donors (Lipinski definition) is 0. The van der Waals surface area contributed by atoms with Crippen molar-refractivity contribution in [2.24, 2.45) is 0 Å². The number of halogens is 6. The Morgan fingerprint density at radius 3 is 2.19 bits per heavy atom. The molecule has 140 valence electrons. The predicted octanol–water partition coefficient (Wildman–Crippen LogP) is 6.70. The van der Waals surface area contributed by atoms with Crippen molar-refractivity contribution in [3.8, 4) is 16.9 Å². The first-order valence-corrected chi connectivity index (χ1v) is 7.88. The highest BCUT2D eigenvalue weighted by atomic mass is 19.3. The molecule has 0 spiro atoms. The molecule has 0 atom stereocenters. The molecule has 0 N–H and O–H groups in total. The van der Waals surface area contributed by atoms with E-state index in [-0.39, 0.29) is 40.3 Å².